The zero-order valence-corrected chi connectivity index (χ0v) is 13.8. The first-order chi connectivity index (χ1) is 11.6. The number of likely N-dealkylation sites (N-methyl/N-ethyl adjacent to an activating group) is 1. The lowest BCUT2D eigenvalue weighted by Crippen LogP contribution is -2.27. The highest BCUT2D eigenvalue weighted by Crippen LogP contribution is 2.18. The van der Waals surface area contributed by atoms with Crippen molar-refractivity contribution in [1.29, 1.82) is 0 Å². The summed E-state index contributed by atoms with van der Waals surface area (Å²) >= 11 is 0. The van der Waals surface area contributed by atoms with Gasteiger partial charge < -0.3 is 15.1 Å². The third-order valence-electron chi connectivity index (χ3n) is 3.75. The predicted octanol–water partition coefficient (Wildman–Crippen LogP) is 2.43. The van der Waals surface area contributed by atoms with E-state index in [1.54, 1.807) is 6.07 Å². The molecule has 1 aromatic carbocycles. The number of hydrogen-bond donors (Lipinski definition) is 2. The number of Topliss-reactive ketones (excluding diaryl/α,β-unsaturated/α-hetero) is 1. The molecule has 0 aliphatic heterocycles. The van der Waals surface area contributed by atoms with E-state index in [0.717, 1.165) is 24.6 Å². The number of amides is 2. The van der Waals surface area contributed by atoms with Crippen molar-refractivity contribution in [2.75, 3.05) is 13.6 Å². The van der Waals surface area contributed by atoms with Crippen LogP contribution in [0, 0.1) is 0 Å². The van der Waals surface area contributed by atoms with Gasteiger partial charge in [-0.15, -0.1) is 0 Å². The molecule has 2 amide bonds. The topological polar surface area (TPSA) is 88.4 Å². The van der Waals surface area contributed by atoms with Crippen molar-refractivity contribution in [2.45, 2.75) is 32.1 Å². The molecule has 6 nitrogen and oxygen atoms in total. The normalized spacial score (nSPS) is 10.5. The zero-order chi connectivity index (χ0) is 17.4. The molecule has 1 aromatic heterocycles. The molecular formula is C18H22N2O4. The van der Waals surface area contributed by atoms with Gasteiger partial charge in [-0.25, -0.2) is 0 Å². The third kappa shape index (κ3) is 4.94. The molecule has 0 aliphatic rings. The van der Waals surface area contributed by atoms with E-state index in [1.165, 1.54) is 7.05 Å². The van der Waals surface area contributed by atoms with Crippen LogP contribution in [0.25, 0.3) is 11.0 Å². The van der Waals surface area contributed by atoms with Crippen molar-refractivity contribution >= 4 is 28.6 Å². The minimum absolute atomic E-state index is 0.221. The summed E-state index contributed by atoms with van der Waals surface area (Å²) < 4.78 is 5.50. The summed E-state index contributed by atoms with van der Waals surface area (Å²) in [7, 11) is 1.45. The molecule has 128 valence electrons. The third-order valence-corrected chi connectivity index (χ3v) is 3.75. The van der Waals surface area contributed by atoms with Gasteiger partial charge in [0.15, 0.2) is 5.76 Å². The Morgan fingerprint density at radius 1 is 1.04 bits per heavy atom. The fourth-order valence-electron chi connectivity index (χ4n) is 2.40. The molecular weight excluding hydrogens is 308 g/mol. The number of rotatable bonds is 9. The molecule has 0 fully saturated rings. The molecule has 0 unspecified atom stereocenters. The number of benzene rings is 1. The smallest absolute Gasteiger partial charge is 0.287 e. The molecule has 0 saturated heterocycles. The van der Waals surface area contributed by atoms with Gasteiger partial charge in [0.2, 0.25) is 5.78 Å². The van der Waals surface area contributed by atoms with Gasteiger partial charge in [-0.05, 0) is 25.0 Å². The number of carbonyl (C=O) groups is 3. The lowest BCUT2D eigenvalue weighted by atomic mass is 10.1. The lowest BCUT2D eigenvalue weighted by molar-refractivity contribution is -0.137. The van der Waals surface area contributed by atoms with Crippen LogP contribution in [-0.4, -0.2) is 31.2 Å². The Hall–Kier alpha value is -2.63. The van der Waals surface area contributed by atoms with Gasteiger partial charge in [-0.2, -0.15) is 0 Å². The van der Waals surface area contributed by atoms with Crippen LogP contribution in [0.15, 0.2) is 34.7 Å². The molecule has 0 radical (unpaired) electrons. The highest BCUT2D eigenvalue weighted by atomic mass is 16.3. The summed E-state index contributed by atoms with van der Waals surface area (Å²) in [6, 6.07) is 9.22. The van der Waals surface area contributed by atoms with Gasteiger partial charge in [0.25, 0.3) is 11.8 Å². The summed E-state index contributed by atoms with van der Waals surface area (Å²) in [5, 5.41) is 6.05. The van der Waals surface area contributed by atoms with Crippen LogP contribution in [0.2, 0.25) is 0 Å². The van der Waals surface area contributed by atoms with Crippen LogP contribution in [-0.2, 0) is 9.59 Å². The summed E-state index contributed by atoms with van der Waals surface area (Å²) in [5.41, 5.74) is 0.698. The van der Waals surface area contributed by atoms with Gasteiger partial charge in [0.1, 0.15) is 5.58 Å². The molecule has 0 bridgehead atoms. The zero-order valence-electron chi connectivity index (χ0n) is 13.8. The van der Waals surface area contributed by atoms with Gasteiger partial charge >= 0.3 is 0 Å². The number of nitrogens with one attached hydrogen (secondary N) is 2. The molecule has 1 heterocycles. The van der Waals surface area contributed by atoms with Gasteiger partial charge in [-0.1, -0.05) is 31.0 Å². The van der Waals surface area contributed by atoms with E-state index < -0.39 is 5.91 Å². The second-order valence-corrected chi connectivity index (χ2v) is 5.57. The van der Waals surface area contributed by atoms with Crippen molar-refractivity contribution in [3.63, 3.8) is 0 Å². The number of para-hydroxylation sites is 1. The second kappa shape index (κ2) is 8.86. The fraction of sp³-hybridized carbons (Fsp3) is 0.389. The van der Waals surface area contributed by atoms with Crippen molar-refractivity contribution in [3.8, 4) is 0 Å². The monoisotopic (exact) mass is 330 g/mol. The molecule has 6 heteroatoms. The molecule has 2 N–H and O–H groups in total. The molecule has 0 atom stereocenters. The standard InChI is InChI=1S/C18H22N2O4/c1-19-17(22)14(21)9-4-2-3-7-11-20-18(23)16-12-13-8-5-6-10-15(13)24-16/h5-6,8,10,12H,2-4,7,9,11H2,1H3,(H,19,22)(H,20,23). The molecule has 24 heavy (non-hydrogen) atoms. The minimum atomic E-state index is -0.534. The molecule has 0 spiro atoms. The average molecular weight is 330 g/mol. The summed E-state index contributed by atoms with van der Waals surface area (Å²) in [4.78, 5) is 34.3. The van der Waals surface area contributed by atoms with E-state index in [2.05, 4.69) is 10.6 Å². The predicted molar refractivity (Wildman–Crippen MR) is 90.7 cm³/mol. The highest BCUT2D eigenvalue weighted by molar-refractivity contribution is 6.36. The Morgan fingerprint density at radius 2 is 1.79 bits per heavy atom. The number of carbonyl (C=O) groups excluding carboxylic acids is 3. The first-order valence-corrected chi connectivity index (χ1v) is 8.13. The first-order valence-electron chi connectivity index (χ1n) is 8.13. The Kier molecular flexibility index (Phi) is 6.54. The van der Waals surface area contributed by atoms with E-state index in [4.69, 9.17) is 4.42 Å². The van der Waals surface area contributed by atoms with Crippen LogP contribution < -0.4 is 10.6 Å². The van der Waals surface area contributed by atoms with Crippen LogP contribution in [0.4, 0.5) is 0 Å². The Bertz CT molecular complexity index is 688. The van der Waals surface area contributed by atoms with E-state index in [9.17, 15) is 14.4 Å². The van der Waals surface area contributed by atoms with Crippen LogP contribution >= 0.6 is 0 Å². The molecule has 0 saturated carbocycles. The number of fused-ring (bicyclic) bond motifs is 1. The lowest BCUT2D eigenvalue weighted by Gasteiger charge is -2.03. The highest BCUT2D eigenvalue weighted by Gasteiger charge is 2.12. The van der Waals surface area contributed by atoms with Crippen LogP contribution in [0.3, 0.4) is 0 Å². The van der Waals surface area contributed by atoms with Crippen LogP contribution in [0.5, 0.6) is 0 Å². The number of unbranched alkanes of at least 4 members (excludes halogenated alkanes) is 3. The molecule has 0 aliphatic carbocycles. The van der Waals surface area contributed by atoms with Gasteiger partial charge in [0, 0.05) is 25.4 Å². The van der Waals surface area contributed by atoms with E-state index in [1.807, 2.05) is 24.3 Å². The van der Waals surface area contributed by atoms with Crippen molar-refractivity contribution in [3.05, 3.63) is 36.1 Å². The Labute approximate surface area is 140 Å². The summed E-state index contributed by atoms with van der Waals surface area (Å²) in [6.45, 7) is 0.555. The quantitative estimate of drug-likeness (QED) is 0.546. The number of furan rings is 1. The molecule has 2 rings (SSSR count). The summed E-state index contributed by atoms with van der Waals surface area (Å²) in [5.74, 6) is -0.822. The maximum Gasteiger partial charge on any atom is 0.287 e. The number of hydrogen-bond acceptors (Lipinski definition) is 4. The van der Waals surface area contributed by atoms with E-state index in [-0.39, 0.29) is 18.1 Å². The Morgan fingerprint density at radius 3 is 2.54 bits per heavy atom. The fourth-order valence-corrected chi connectivity index (χ4v) is 2.40. The Balaban J connectivity index is 1.61. The maximum absolute atomic E-state index is 12.0. The summed E-state index contributed by atoms with van der Waals surface area (Å²) in [6.07, 6.45) is 3.51. The van der Waals surface area contributed by atoms with Crippen LogP contribution in [0.1, 0.15) is 42.7 Å². The van der Waals surface area contributed by atoms with Gasteiger partial charge in [-0.3, -0.25) is 14.4 Å². The minimum Gasteiger partial charge on any atom is -0.451 e. The van der Waals surface area contributed by atoms with Crippen molar-refractivity contribution < 1.29 is 18.8 Å². The first kappa shape index (κ1) is 17.7. The second-order valence-electron chi connectivity index (χ2n) is 5.57. The molecule has 2 aromatic rings. The SMILES string of the molecule is CNC(=O)C(=O)CCCCCCNC(=O)c1cc2ccccc2o1. The van der Waals surface area contributed by atoms with Crippen molar-refractivity contribution in [1.82, 2.24) is 10.6 Å². The maximum atomic E-state index is 12.0. The van der Waals surface area contributed by atoms with Gasteiger partial charge in [0.05, 0.1) is 0 Å². The largest absolute Gasteiger partial charge is 0.451 e. The van der Waals surface area contributed by atoms with E-state index in [0.29, 0.717) is 24.3 Å². The van der Waals surface area contributed by atoms with E-state index >= 15 is 0 Å². The average Bonchev–Trinajstić information content (AvgIpc) is 3.04. The van der Waals surface area contributed by atoms with Crippen molar-refractivity contribution in [2.24, 2.45) is 0 Å². The number of ketones is 1.